The van der Waals surface area contributed by atoms with Gasteiger partial charge in [0.05, 0.1) is 16.7 Å². The number of pyridine rings is 2. The molecule has 2 heterocycles. The number of fused-ring (bicyclic) bond motifs is 10. The van der Waals surface area contributed by atoms with Crippen LogP contribution in [-0.2, 0) is 0 Å². The molecule has 0 bridgehead atoms. The summed E-state index contributed by atoms with van der Waals surface area (Å²) in [5, 5.41) is 19.8. The summed E-state index contributed by atoms with van der Waals surface area (Å²) in [6, 6.07) is 73.5. The molecule has 0 aliphatic heterocycles. The van der Waals surface area contributed by atoms with Crippen molar-refractivity contribution < 1.29 is 0 Å². The third-order valence-corrected chi connectivity index (χ3v) is 12.8. The summed E-state index contributed by atoms with van der Waals surface area (Å²) in [6.45, 7) is 0. The molecule has 0 saturated carbocycles. The molecule has 0 aliphatic rings. The van der Waals surface area contributed by atoms with E-state index in [2.05, 4.69) is 194 Å². The zero-order chi connectivity index (χ0) is 39.3. The van der Waals surface area contributed by atoms with E-state index in [1.54, 1.807) is 0 Å². The van der Waals surface area contributed by atoms with Gasteiger partial charge in [-0.3, -0.25) is 4.98 Å². The van der Waals surface area contributed by atoms with Gasteiger partial charge in [-0.15, -0.1) is 0 Å². The Labute approximate surface area is 345 Å². The molecule has 0 unspecified atom stereocenters. The van der Waals surface area contributed by atoms with Crippen LogP contribution in [0.5, 0.6) is 0 Å². The van der Waals surface area contributed by atoms with Crippen molar-refractivity contribution in [3.8, 4) is 33.5 Å². The molecule has 0 aliphatic carbocycles. The molecule has 13 rings (SSSR count). The molecule has 2 heteroatoms. The highest BCUT2D eigenvalue weighted by atomic mass is 14.8. The van der Waals surface area contributed by atoms with Crippen LogP contribution in [0.2, 0.25) is 0 Å². The summed E-state index contributed by atoms with van der Waals surface area (Å²) in [4.78, 5) is 10.1. The van der Waals surface area contributed by atoms with Crippen molar-refractivity contribution in [2.75, 3.05) is 0 Å². The van der Waals surface area contributed by atoms with E-state index >= 15 is 0 Å². The average Bonchev–Trinajstić information content (AvgIpc) is 3.32. The lowest BCUT2D eigenvalue weighted by Gasteiger charge is -2.18. The molecule has 0 amide bonds. The van der Waals surface area contributed by atoms with E-state index in [1.165, 1.54) is 97.7 Å². The van der Waals surface area contributed by atoms with Gasteiger partial charge < -0.3 is 0 Å². The molecule has 11 aromatic carbocycles. The van der Waals surface area contributed by atoms with E-state index in [9.17, 15) is 0 Å². The predicted molar refractivity (Wildman–Crippen MR) is 256 cm³/mol. The Kier molecular flexibility index (Phi) is 7.05. The number of nitrogens with zero attached hydrogens (tertiary/aromatic N) is 2. The third kappa shape index (κ3) is 4.82. The van der Waals surface area contributed by atoms with E-state index in [0.29, 0.717) is 0 Å². The van der Waals surface area contributed by atoms with Gasteiger partial charge in [0.1, 0.15) is 0 Å². The molecule has 0 spiro atoms. The fourth-order valence-corrected chi connectivity index (χ4v) is 10.1. The highest BCUT2D eigenvalue weighted by Crippen LogP contribution is 2.45. The molecule has 2 nitrogen and oxygen atoms in total. The lowest BCUT2D eigenvalue weighted by Crippen LogP contribution is -1.93. The largest absolute Gasteiger partial charge is 0.254 e. The van der Waals surface area contributed by atoms with Crippen molar-refractivity contribution in [2.24, 2.45) is 0 Å². The Hall–Kier alpha value is -7.94. The van der Waals surface area contributed by atoms with Gasteiger partial charge >= 0.3 is 0 Å². The second kappa shape index (κ2) is 12.8. The lowest BCUT2D eigenvalue weighted by molar-refractivity contribution is 1.38. The molecule has 60 heavy (non-hydrogen) atoms. The zero-order valence-electron chi connectivity index (χ0n) is 32.5. The number of hydrogen-bond donors (Lipinski definition) is 0. The Morgan fingerprint density at radius 3 is 1.38 bits per heavy atom. The van der Waals surface area contributed by atoms with E-state index in [1.807, 2.05) is 12.3 Å². The number of hydrogen-bond acceptors (Lipinski definition) is 2. The van der Waals surface area contributed by atoms with E-state index in [-0.39, 0.29) is 0 Å². The van der Waals surface area contributed by atoms with Crippen molar-refractivity contribution in [3.05, 3.63) is 206 Å². The Bertz CT molecular complexity index is 3880. The second-order valence-electron chi connectivity index (χ2n) is 16.0. The quantitative estimate of drug-likeness (QED) is 0.132. The monoisotopic (exact) mass is 758 g/mol. The minimum Gasteiger partial charge on any atom is -0.254 e. The van der Waals surface area contributed by atoms with Gasteiger partial charge in [0, 0.05) is 22.5 Å². The minimum atomic E-state index is 0.925. The van der Waals surface area contributed by atoms with Crippen LogP contribution in [0.1, 0.15) is 0 Å². The molecule has 0 saturated heterocycles. The fraction of sp³-hybridized carbons (Fsp3) is 0. The van der Waals surface area contributed by atoms with Crippen molar-refractivity contribution in [2.45, 2.75) is 0 Å². The third-order valence-electron chi connectivity index (χ3n) is 12.8. The maximum atomic E-state index is 5.35. The van der Waals surface area contributed by atoms with Crippen molar-refractivity contribution in [3.63, 3.8) is 0 Å². The molecule has 2 aromatic heterocycles. The first-order valence-corrected chi connectivity index (χ1v) is 20.6. The highest BCUT2D eigenvalue weighted by molar-refractivity contribution is 6.33. The van der Waals surface area contributed by atoms with Crippen molar-refractivity contribution >= 4 is 97.2 Å². The maximum Gasteiger partial charge on any atom is 0.0972 e. The number of aromatic nitrogens is 2. The van der Waals surface area contributed by atoms with Gasteiger partial charge in [0.2, 0.25) is 0 Å². The average molecular weight is 759 g/mol. The Morgan fingerprint density at radius 2 is 0.733 bits per heavy atom. The van der Waals surface area contributed by atoms with Gasteiger partial charge in [0.25, 0.3) is 0 Å². The van der Waals surface area contributed by atoms with E-state index in [4.69, 9.17) is 9.97 Å². The molecular formula is C58H34N2. The first kappa shape index (κ1) is 33.1. The van der Waals surface area contributed by atoms with Gasteiger partial charge in [-0.1, -0.05) is 182 Å². The van der Waals surface area contributed by atoms with Crippen LogP contribution in [0.3, 0.4) is 0 Å². The van der Waals surface area contributed by atoms with Gasteiger partial charge in [-0.2, -0.15) is 0 Å². The minimum absolute atomic E-state index is 0.925. The molecular weight excluding hydrogens is 725 g/mol. The van der Waals surface area contributed by atoms with Crippen molar-refractivity contribution in [1.29, 1.82) is 0 Å². The Morgan fingerprint density at radius 1 is 0.267 bits per heavy atom. The summed E-state index contributed by atoms with van der Waals surface area (Å²) in [7, 11) is 0. The normalized spacial score (nSPS) is 12.0. The molecule has 0 N–H and O–H groups in total. The van der Waals surface area contributed by atoms with Crippen LogP contribution in [0, 0.1) is 0 Å². The summed E-state index contributed by atoms with van der Waals surface area (Å²) < 4.78 is 0. The van der Waals surface area contributed by atoms with Gasteiger partial charge in [-0.25, -0.2) is 4.98 Å². The summed E-state index contributed by atoms with van der Waals surface area (Å²) in [5.41, 5.74) is 8.76. The summed E-state index contributed by atoms with van der Waals surface area (Å²) in [6.07, 6.45) is 1.85. The zero-order valence-corrected chi connectivity index (χ0v) is 32.5. The summed E-state index contributed by atoms with van der Waals surface area (Å²) >= 11 is 0. The van der Waals surface area contributed by atoms with Gasteiger partial charge in [-0.05, 0) is 116 Å². The van der Waals surface area contributed by atoms with Crippen LogP contribution >= 0.6 is 0 Å². The van der Waals surface area contributed by atoms with Crippen LogP contribution < -0.4 is 0 Å². The lowest BCUT2D eigenvalue weighted by atomic mass is 9.86. The first-order chi connectivity index (χ1) is 29.8. The molecule has 0 fully saturated rings. The predicted octanol–water partition coefficient (Wildman–Crippen LogP) is 15.9. The number of benzene rings is 10. The molecule has 13 aromatic rings. The maximum absolute atomic E-state index is 5.35. The smallest absolute Gasteiger partial charge is 0.0972 e. The van der Waals surface area contributed by atoms with Crippen LogP contribution in [0.25, 0.3) is 131 Å². The SMILES string of the molecule is c1cnc2c(c1)ccc1ccc(-c3c4ccccc4c(-c4ccc(-c5ccc6c(c5)c5ccccc5c5cccc7ccc8cccc6c8c75)cc4)c4ccccc34)nc12. The number of rotatable bonds is 3. The molecule has 0 radical (unpaired) electrons. The van der Waals surface area contributed by atoms with E-state index in [0.717, 1.165) is 33.1 Å². The second-order valence-corrected chi connectivity index (χ2v) is 16.0. The van der Waals surface area contributed by atoms with Crippen LogP contribution in [0.4, 0.5) is 0 Å². The topological polar surface area (TPSA) is 25.8 Å². The van der Waals surface area contributed by atoms with Crippen molar-refractivity contribution in [1.82, 2.24) is 9.97 Å². The highest BCUT2D eigenvalue weighted by Gasteiger charge is 2.19. The first-order valence-electron chi connectivity index (χ1n) is 20.6. The molecule has 276 valence electrons. The fourth-order valence-electron chi connectivity index (χ4n) is 10.1. The molecule has 0 atom stereocenters. The van der Waals surface area contributed by atoms with Crippen LogP contribution in [0.15, 0.2) is 206 Å². The van der Waals surface area contributed by atoms with Gasteiger partial charge in [0.15, 0.2) is 0 Å². The van der Waals surface area contributed by atoms with Crippen LogP contribution in [-0.4, -0.2) is 9.97 Å². The standard InChI is InChI=1S/C58H34N2/c1-2-14-43-42(13-1)45-19-7-10-36-25-26-37-11-8-20-46(55(37)54(36)45)44-31-29-41(34-51(43)44)35-21-23-38(24-22-35)53-47-15-3-5-17-49(47)56(50-18-6-4-16-48(50)53)52-32-30-40-28-27-39-12-9-33-59-57(39)58(40)60-52/h1-34H. The Balaban J connectivity index is 1.00. The summed E-state index contributed by atoms with van der Waals surface area (Å²) in [5.74, 6) is 0. The van der Waals surface area contributed by atoms with E-state index < -0.39 is 0 Å².